The molecule has 2 aliphatic rings. The molecule has 0 aromatic rings. The fourth-order valence-corrected chi connectivity index (χ4v) is 1.61. The van der Waals surface area contributed by atoms with Crippen LogP contribution in [-0.4, -0.2) is 6.54 Å². The van der Waals surface area contributed by atoms with Gasteiger partial charge in [0.2, 0.25) is 0 Å². The van der Waals surface area contributed by atoms with Crippen molar-refractivity contribution in [2.45, 2.75) is 25.7 Å². The van der Waals surface area contributed by atoms with Gasteiger partial charge in [-0.15, -0.1) is 0 Å². The molecule has 2 rings (SSSR count). The Hall–Kier alpha value is -0.720. The maximum Gasteiger partial charge on any atom is 0.0395 e. The molecule has 0 saturated heterocycles. The first-order chi connectivity index (χ1) is 4.97. The third kappa shape index (κ3) is 0.962. The molecule has 0 bridgehead atoms. The van der Waals surface area contributed by atoms with Gasteiger partial charge in [-0.3, -0.25) is 5.32 Å². The summed E-state index contributed by atoms with van der Waals surface area (Å²) in [5.41, 5.74) is 2.97. The quantitative estimate of drug-likeness (QED) is 0.450. The Morgan fingerprint density at radius 3 is 3.00 bits per heavy atom. The van der Waals surface area contributed by atoms with E-state index in [1.807, 2.05) is 0 Å². The van der Waals surface area contributed by atoms with E-state index in [2.05, 4.69) is 17.5 Å². The van der Waals surface area contributed by atoms with E-state index in [0.29, 0.717) is 0 Å². The fourth-order valence-electron chi connectivity index (χ4n) is 1.61. The van der Waals surface area contributed by atoms with Gasteiger partial charge >= 0.3 is 0 Å². The average Bonchev–Trinajstić information content (AvgIpc) is 2.05. The molecule has 1 heteroatoms. The molecule has 10 heavy (non-hydrogen) atoms. The summed E-state index contributed by atoms with van der Waals surface area (Å²) >= 11 is 0. The molecule has 0 N–H and O–H groups in total. The molecule has 0 spiro atoms. The van der Waals surface area contributed by atoms with Gasteiger partial charge < -0.3 is 0 Å². The van der Waals surface area contributed by atoms with Crippen LogP contribution in [-0.2, 0) is 0 Å². The first-order valence-corrected chi connectivity index (χ1v) is 4.00. The van der Waals surface area contributed by atoms with Crippen molar-refractivity contribution in [1.29, 1.82) is 0 Å². The Morgan fingerprint density at radius 1 is 1.20 bits per heavy atom. The van der Waals surface area contributed by atoms with Gasteiger partial charge in [-0.05, 0) is 24.8 Å². The molecule has 0 fully saturated rings. The molecule has 0 atom stereocenters. The van der Waals surface area contributed by atoms with Gasteiger partial charge in [0, 0.05) is 18.7 Å². The number of hydrogen-bond donors (Lipinski definition) is 0. The maximum absolute atomic E-state index is 4.48. The van der Waals surface area contributed by atoms with Crippen LogP contribution in [0.15, 0.2) is 23.4 Å². The molecule has 1 heterocycles. The van der Waals surface area contributed by atoms with Gasteiger partial charge in [0.25, 0.3) is 0 Å². The zero-order valence-electron chi connectivity index (χ0n) is 6.14. The molecule has 0 unspecified atom stereocenters. The van der Waals surface area contributed by atoms with E-state index < -0.39 is 0 Å². The SMILES string of the molecule is C1=CCC2=C(C1)CCC[N]2. The molecule has 0 aromatic heterocycles. The van der Waals surface area contributed by atoms with Crippen molar-refractivity contribution < 1.29 is 0 Å². The van der Waals surface area contributed by atoms with Crippen LogP contribution in [0.2, 0.25) is 0 Å². The minimum atomic E-state index is 1.06. The summed E-state index contributed by atoms with van der Waals surface area (Å²) in [6.07, 6.45) is 9.32. The predicted molar refractivity (Wildman–Crippen MR) is 41.6 cm³/mol. The van der Waals surface area contributed by atoms with Crippen LogP contribution >= 0.6 is 0 Å². The molecule has 1 radical (unpaired) electrons. The van der Waals surface area contributed by atoms with Gasteiger partial charge in [0.05, 0.1) is 0 Å². The number of allylic oxidation sites excluding steroid dienone is 3. The van der Waals surface area contributed by atoms with Gasteiger partial charge in [-0.25, -0.2) is 0 Å². The summed E-state index contributed by atoms with van der Waals surface area (Å²) in [6, 6.07) is 0. The highest BCUT2D eigenvalue weighted by Crippen LogP contribution is 2.25. The molecule has 1 aliphatic heterocycles. The molecule has 53 valence electrons. The highest BCUT2D eigenvalue weighted by atomic mass is 14.9. The first kappa shape index (κ1) is 6.02. The minimum Gasteiger partial charge on any atom is -0.289 e. The summed E-state index contributed by atoms with van der Waals surface area (Å²) < 4.78 is 0. The van der Waals surface area contributed by atoms with E-state index >= 15 is 0 Å². The van der Waals surface area contributed by atoms with E-state index in [-0.39, 0.29) is 0 Å². The molecular formula is C9H12N. The Kier molecular flexibility index (Phi) is 1.50. The van der Waals surface area contributed by atoms with E-state index in [4.69, 9.17) is 0 Å². The van der Waals surface area contributed by atoms with Crippen molar-refractivity contribution in [3.05, 3.63) is 23.4 Å². The topological polar surface area (TPSA) is 14.1 Å². The standard InChI is InChI=1S/C9H12N/c1-2-6-9-8(4-1)5-3-7-10-9/h1-2H,3-7H2. The summed E-state index contributed by atoms with van der Waals surface area (Å²) in [5, 5.41) is 4.48. The van der Waals surface area contributed by atoms with Crippen LogP contribution in [0.3, 0.4) is 0 Å². The fraction of sp³-hybridized carbons (Fsp3) is 0.556. The lowest BCUT2D eigenvalue weighted by Crippen LogP contribution is -2.16. The zero-order valence-corrected chi connectivity index (χ0v) is 6.14. The summed E-state index contributed by atoms with van der Waals surface area (Å²) in [7, 11) is 0. The van der Waals surface area contributed by atoms with Gasteiger partial charge in [-0.1, -0.05) is 12.2 Å². The first-order valence-electron chi connectivity index (χ1n) is 4.00. The Balaban J connectivity index is 2.17. The second kappa shape index (κ2) is 2.49. The largest absolute Gasteiger partial charge is 0.289 e. The van der Waals surface area contributed by atoms with Crippen molar-refractivity contribution in [3.63, 3.8) is 0 Å². The second-order valence-corrected chi connectivity index (χ2v) is 2.92. The highest BCUT2D eigenvalue weighted by Gasteiger charge is 2.13. The molecule has 1 aliphatic carbocycles. The van der Waals surface area contributed by atoms with E-state index in [1.165, 1.54) is 25.0 Å². The predicted octanol–water partition coefficient (Wildman–Crippen LogP) is 1.99. The smallest absolute Gasteiger partial charge is 0.0395 e. The summed E-state index contributed by atoms with van der Waals surface area (Å²) in [5.74, 6) is 0. The van der Waals surface area contributed by atoms with E-state index in [1.54, 1.807) is 5.57 Å². The monoisotopic (exact) mass is 134 g/mol. The van der Waals surface area contributed by atoms with Crippen LogP contribution in [0, 0.1) is 0 Å². The average molecular weight is 134 g/mol. The molecule has 0 amide bonds. The molecule has 1 nitrogen and oxygen atoms in total. The van der Waals surface area contributed by atoms with Crippen LogP contribution in [0.5, 0.6) is 0 Å². The van der Waals surface area contributed by atoms with Crippen molar-refractivity contribution in [3.8, 4) is 0 Å². The lowest BCUT2D eigenvalue weighted by molar-refractivity contribution is 0.624. The zero-order chi connectivity index (χ0) is 6.81. The van der Waals surface area contributed by atoms with E-state index in [0.717, 1.165) is 13.0 Å². The second-order valence-electron chi connectivity index (χ2n) is 2.92. The molecule has 0 aromatic carbocycles. The summed E-state index contributed by atoms with van der Waals surface area (Å²) in [6.45, 7) is 1.06. The lowest BCUT2D eigenvalue weighted by Gasteiger charge is -2.20. The Bertz CT molecular complexity index is 169. The third-order valence-corrected chi connectivity index (χ3v) is 2.19. The number of hydrogen-bond acceptors (Lipinski definition) is 0. The van der Waals surface area contributed by atoms with Gasteiger partial charge in [0.15, 0.2) is 0 Å². The number of nitrogens with zero attached hydrogens (tertiary/aromatic N) is 1. The Morgan fingerprint density at radius 2 is 2.10 bits per heavy atom. The maximum atomic E-state index is 4.48. The van der Waals surface area contributed by atoms with Gasteiger partial charge in [0.1, 0.15) is 0 Å². The van der Waals surface area contributed by atoms with Crippen molar-refractivity contribution in [2.24, 2.45) is 0 Å². The van der Waals surface area contributed by atoms with Crippen molar-refractivity contribution in [1.82, 2.24) is 5.32 Å². The van der Waals surface area contributed by atoms with Crippen LogP contribution in [0.1, 0.15) is 25.7 Å². The summed E-state index contributed by atoms with van der Waals surface area (Å²) in [4.78, 5) is 0. The van der Waals surface area contributed by atoms with Crippen LogP contribution in [0.4, 0.5) is 0 Å². The highest BCUT2D eigenvalue weighted by molar-refractivity contribution is 5.24. The van der Waals surface area contributed by atoms with Crippen molar-refractivity contribution >= 4 is 0 Å². The van der Waals surface area contributed by atoms with Crippen LogP contribution in [0.25, 0.3) is 0 Å². The van der Waals surface area contributed by atoms with Crippen LogP contribution < -0.4 is 5.32 Å². The number of rotatable bonds is 0. The normalized spacial score (nSPS) is 24.0. The molecular weight excluding hydrogens is 122 g/mol. The Labute approximate surface area is 61.8 Å². The minimum absolute atomic E-state index is 1.06. The van der Waals surface area contributed by atoms with E-state index in [9.17, 15) is 0 Å². The van der Waals surface area contributed by atoms with Crippen molar-refractivity contribution in [2.75, 3.05) is 6.54 Å². The lowest BCUT2D eigenvalue weighted by atomic mass is 9.95. The van der Waals surface area contributed by atoms with Gasteiger partial charge in [-0.2, -0.15) is 0 Å². The third-order valence-electron chi connectivity index (χ3n) is 2.19. The molecule has 0 saturated carbocycles.